The number of nitrogens with two attached hydrogens (primary N) is 1. The van der Waals surface area contributed by atoms with Gasteiger partial charge in [-0.05, 0) is 54.3 Å². The van der Waals surface area contributed by atoms with Crippen molar-refractivity contribution in [3.05, 3.63) is 0 Å². The van der Waals surface area contributed by atoms with Crippen molar-refractivity contribution in [3.8, 4) is 0 Å². The number of primary amides is 1. The number of hydrogen-bond acceptors (Lipinski definition) is 6. The van der Waals surface area contributed by atoms with Crippen LogP contribution in [0.5, 0.6) is 0 Å². The number of rotatable bonds is 13. The third-order valence-electron chi connectivity index (χ3n) is 10.2. The molecule has 0 aromatic rings. The zero-order chi connectivity index (χ0) is 32.1. The number of methoxy groups -OCH3 is 1. The van der Waals surface area contributed by atoms with E-state index in [2.05, 4.69) is 16.0 Å². The normalized spacial score (nSPS) is 24.1. The summed E-state index contributed by atoms with van der Waals surface area (Å²) in [4.78, 5) is 68.0. The largest absolute Gasteiger partial charge is 0.383 e. The third-order valence-corrected chi connectivity index (χ3v) is 10.2. The number of ketones is 1. The van der Waals surface area contributed by atoms with Crippen molar-refractivity contribution in [1.29, 1.82) is 0 Å². The Balaban J connectivity index is 1.88. The molecule has 11 heteroatoms. The molecule has 1 unspecified atom stereocenters. The minimum absolute atomic E-state index is 0.0869. The minimum atomic E-state index is -1.07. The second-order valence-electron chi connectivity index (χ2n) is 14.8. The van der Waals surface area contributed by atoms with Crippen LogP contribution in [0.25, 0.3) is 0 Å². The summed E-state index contributed by atoms with van der Waals surface area (Å²) in [6, 6.07) is -3.40. The molecule has 1 aliphatic heterocycles. The van der Waals surface area contributed by atoms with E-state index < -0.39 is 47.2 Å². The Kier molecular flexibility index (Phi) is 11.6. The maximum atomic E-state index is 14.5. The standard InChI is InChI=1S/C32H55N5O6/c1-19(2)21-13-16-37(24(21)28(40)34-22(25(38)27(33)39)17-20-11-10-12-20)29(41)26(32(6)14-8-9-15-32)36-30(42)35-23(18-43-7)31(3,4)5/h19-24,26H,8-18H2,1-7H3,(H2,33,39)(H,34,40)(H2,35,36,42)/t21-,22?,23-,24+,26-/m1/s1. The molecule has 5 amide bonds. The Labute approximate surface area is 257 Å². The topological polar surface area (TPSA) is 160 Å². The fraction of sp³-hybridized carbons (Fsp3) is 0.844. The summed E-state index contributed by atoms with van der Waals surface area (Å²) in [6.07, 6.45) is 7.37. The highest BCUT2D eigenvalue weighted by molar-refractivity contribution is 6.37. The lowest BCUT2D eigenvalue weighted by Gasteiger charge is -2.39. The molecule has 0 radical (unpaired) electrons. The van der Waals surface area contributed by atoms with Crippen molar-refractivity contribution in [2.24, 2.45) is 34.3 Å². The van der Waals surface area contributed by atoms with Crippen molar-refractivity contribution < 1.29 is 28.7 Å². The monoisotopic (exact) mass is 605 g/mol. The van der Waals surface area contributed by atoms with Gasteiger partial charge in [-0.1, -0.05) is 73.6 Å². The van der Waals surface area contributed by atoms with Crippen molar-refractivity contribution in [3.63, 3.8) is 0 Å². The molecule has 43 heavy (non-hydrogen) atoms. The Morgan fingerprint density at radius 3 is 2.09 bits per heavy atom. The van der Waals surface area contributed by atoms with Gasteiger partial charge in [0.2, 0.25) is 17.6 Å². The summed E-state index contributed by atoms with van der Waals surface area (Å²) in [7, 11) is 1.59. The van der Waals surface area contributed by atoms with Crippen LogP contribution in [0.2, 0.25) is 0 Å². The van der Waals surface area contributed by atoms with Gasteiger partial charge in [0.05, 0.1) is 18.7 Å². The first-order valence-corrected chi connectivity index (χ1v) is 16.1. The smallest absolute Gasteiger partial charge is 0.315 e. The van der Waals surface area contributed by atoms with Crippen molar-refractivity contribution in [1.82, 2.24) is 20.9 Å². The van der Waals surface area contributed by atoms with Crippen LogP contribution in [-0.2, 0) is 23.9 Å². The van der Waals surface area contributed by atoms with Crippen LogP contribution in [0.4, 0.5) is 4.79 Å². The molecule has 0 aromatic heterocycles. The first-order valence-electron chi connectivity index (χ1n) is 16.1. The quantitative estimate of drug-likeness (QED) is 0.236. The molecule has 2 saturated carbocycles. The number of carbonyl (C=O) groups is 5. The van der Waals surface area contributed by atoms with Gasteiger partial charge in [-0.2, -0.15) is 0 Å². The van der Waals surface area contributed by atoms with E-state index in [0.29, 0.717) is 26.0 Å². The molecular formula is C32H55N5O6. The first kappa shape index (κ1) is 34.8. The van der Waals surface area contributed by atoms with Gasteiger partial charge in [0.25, 0.3) is 5.91 Å². The summed E-state index contributed by atoms with van der Waals surface area (Å²) in [5.41, 5.74) is 4.60. The molecule has 244 valence electrons. The molecule has 0 spiro atoms. The molecule has 0 aromatic carbocycles. The number of Topliss-reactive ketones (excluding diaryl/α,β-unsaturated/α-hetero) is 1. The zero-order valence-electron chi connectivity index (χ0n) is 27.3. The van der Waals surface area contributed by atoms with Gasteiger partial charge >= 0.3 is 6.03 Å². The number of amides is 5. The molecule has 5 N–H and O–H groups in total. The Bertz CT molecular complexity index is 1030. The van der Waals surface area contributed by atoms with E-state index in [1.165, 1.54) is 0 Å². The lowest BCUT2D eigenvalue weighted by atomic mass is 9.79. The molecule has 0 bridgehead atoms. The number of likely N-dealkylation sites (tertiary alicyclic amines) is 1. The number of nitrogens with one attached hydrogen (secondary N) is 3. The molecule has 11 nitrogen and oxygen atoms in total. The van der Waals surface area contributed by atoms with E-state index in [-0.39, 0.29) is 35.1 Å². The summed E-state index contributed by atoms with van der Waals surface area (Å²) in [5.74, 6) is -2.43. The average Bonchev–Trinajstić information content (AvgIpc) is 3.54. The maximum Gasteiger partial charge on any atom is 0.315 e. The molecule has 1 saturated heterocycles. The van der Waals surface area contributed by atoms with Crippen LogP contribution in [0.3, 0.4) is 0 Å². The molecule has 5 atom stereocenters. The van der Waals surface area contributed by atoms with E-state index in [4.69, 9.17) is 10.5 Å². The Hall–Kier alpha value is -2.69. The van der Waals surface area contributed by atoms with Crippen molar-refractivity contribution in [2.75, 3.05) is 20.3 Å². The number of carbonyl (C=O) groups excluding carboxylic acids is 5. The molecule has 3 fully saturated rings. The van der Waals surface area contributed by atoms with Crippen LogP contribution in [0.1, 0.15) is 99.3 Å². The van der Waals surface area contributed by atoms with Crippen LogP contribution in [-0.4, -0.2) is 78.9 Å². The lowest BCUT2D eigenvalue weighted by molar-refractivity contribution is -0.145. The molecule has 1 heterocycles. The van der Waals surface area contributed by atoms with Gasteiger partial charge in [-0.25, -0.2) is 4.79 Å². The average molecular weight is 606 g/mol. The van der Waals surface area contributed by atoms with Gasteiger partial charge in [0.1, 0.15) is 12.1 Å². The van der Waals surface area contributed by atoms with Gasteiger partial charge in [0.15, 0.2) is 0 Å². The van der Waals surface area contributed by atoms with E-state index in [0.717, 1.165) is 44.9 Å². The molecule has 3 rings (SSSR count). The van der Waals surface area contributed by atoms with E-state index in [1.807, 2.05) is 41.5 Å². The lowest BCUT2D eigenvalue weighted by Crippen LogP contribution is -2.62. The second kappa shape index (κ2) is 14.4. The van der Waals surface area contributed by atoms with Crippen molar-refractivity contribution in [2.45, 2.75) is 123 Å². The number of hydrogen-bond donors (Lipinski definition) is 4. The second-order valence-corrected chi connectivity index (χ2v) is 14.8. The maximum absolute atomic E-state index is 14.5. The van der Waals surface area contributed by atoms with Crippen LogP contribution >= 0.6 is 0 Å². The predicted octanol–water partition coefficient (Wildman–Crippen LogP) is 2.90. The van der Waals surface area contributed by atoms with Gasteiger partial charge in [-0.15, -0.1) is 0 Å². The van der Waals surface area contributed by atoms with Crippen LogP contribution < -0.4 is 21.7 Å². The summed E-state index contributed by atoms with van der Waals surface area (Å²) >= 11 is 0. The predicted molar refractivity (Wildman–Crippen MR) is 164 cm³/mol. The Morgan fingerprint density at radius 1 is 0.977 bits per heavy atom. The van der Waals surface area contributed by atoms with Gasteiger partial charge in [0, 0.05) is 13.7 Å². The molecule has 2 aliphatic carbocycles. The molecule has 3 aliphatic rings. The van der Waals surface area contributed by atoms with E-state index in [9.17, 15) is 24.0 Å². The third kappa shape index (κ3) is 8.48. The zero-order valence-corrected chi connectivity index (χ0v) is 27.3. The summed E-state index contributed by atoms with van der Waals surface area (Å²) in [6.45, 7) is 12.8. The Morgan fingerprint density at radius 2 is 1.60 bits per heavy atom. The fourth-order valence-corrected chi connectivity index (χ4v) is 7.00. The SMILES string of the molecule is COC[C@@H](NC(=O)N[C@H](C(=O)N1CC[C@H](C(C)C)[C@H]1C(=O)NC(CC1CCC1)C(=O)C(N)=O)C1(C)CCCC1)C(C)(C)C. The highest BCUT2D eigenvalue weighted by Crippen LogP contribution is 2.42. The van der Waals surface area contributed by atoms with E-state index in [1.54, 1.807) is 12.0 Å². The van der Waals surface area contributed by atoms with Crippen LogP contribution in [0.15, 0.2) is 0 Å². The van der Waals surface area contributed by atoms with Gasteiger partial charge < -0.3 is 31.3 Å². The number of urea groups is 1. The molecular weight excluding hydrogens is 550 g/mol. The first-order chi connectivity index (χ1) is 20.1. The van der Waals surface area contributed by atoms with Crippen LogP contribution in [0, 0.1) is 28.6 Å². The fourth-order valence-electron chi connectivity index (χ4n) is 7.00. The minimum Gasteiger partial charge on any atom is -0.383 e. The summed E-state index contributed by atoms with van der Waals surface area (Å²) < 4.78 is 5.34. The number of ether oxygens (including phenoxy) is 1. The summed E-state index contributed by atoms with van der Waals surface area (Å²) in [5, 5.41) is 8.85. The van der Waals surface area contributed by atoms with Gasteiger partial charge in [-0.3, -0.25) is 19.2 Å². The van der Waals surface area contributed by atoms with Crippen molar-refractivity contribution >= 4 is 29.5 Å². The highest BCUT2D eigenvalue weighted by Gasteiger charge is 2.50. The highest BCUT2D eigenvalue weighted by atomic mass is 16.5. The van der Waals surface area contributed by atoms with E-state index >= 15 is 0 Å². The number of nitrogens with zero attached hydrogens (tertiary/aromatic N) is 1.